The number of carbonyl (C=O) groups is 1. The Bertz CT molecular complexity index is 1330. The molecule has 0 aliphatic heterocycles. The van der Waals surface area contributed by atoms with Gasteiger partial charge < -0.3 is 10.1 Å². The monoisotopic (exact) mass is 453 g/mol. The fourth-order valence-corrected chi connectivity index (χ4v) is 4.66. The van der Waals surface area contributed by atoms with Gasteiger partial charge in [-0.15, -0.1) is 0 Å². The predicted molar refractivity (Wildman–Crippen MR) is 122 cm³/mol. The molecule has 0 unspecified atom stereocenters. The third kappa shape index (κ3) is 5.01. The van der Waals surface area contributed by atoms with Gasteiger partial charge in [-0.1, -0.05) is 18.2 Å². The van der Waals surface area contributed by atoms with Crippen molar-refractivity contribution in [2.75, 3.05) is 16.6 Å². The van der Waals surface area contributed by atoms with Crippen LogP contribution in [0, 0.1) is 6.92 Å². The molecule has 1 heterocycles. The molecule has 0 bridgehead atoms. The number of sulfonamides is 1. The second kappa shape index (κ2) is 8.75. The van der Waals surface area contributed by atoms with E-state index in [1.54, 1.807) is 24.4 Å². The minimum absolute atomic E-state index is 0.102. The van der Waals surface area contributed by atoms with Gasteiger partial charge in [0.25, 0.3) is 15.9 Å². The molecule has 0 atom stereocenters. The Morgan fingerprint density at radius 3 is 2.61 bits per heavy atom. The van der Waals surface area contributed by atoms with E-state index in [1.807, 2.05) is 31.2 Å². The van der Waals surface area contributed by atoms with Crippen molar-refractivity contribution in [1.29, 1.82) is 0 Å². The average Bonchev–Trinajstić information content (AvgIpc) is 3.22. The second-order valence-electron chi connectivity index (χ2n) is 6.81. The van der Waals surface area contributed by atoms with E-state index in [0.29, 0.717) is 17.1 Å². The van der Waals surface area contributed by atoms with Gasteiger partial charge >= 0.3 is 0 Å². The van der Waals surface area contributed by atoms with Gasteiger partial charge in [-0.25, -0.2) is 8.42 Å². The summed E-state index contributed by atoms with van der Waals surface area (Å²) in [5.41, 5.74) is 2.01. The molecule has 4 aromatic rings. The van der Waals surface area contributed by atoms with Crippen molar-refractivity contribution >= 4 is 48.9 Å². The van der Waals surface area contributed by atoms with Crippen LogP contribution in [0.3, 0.4) is 0 Å². The smallest absolute Gasteiger partial charge is 0.262 e. The number of amides is 1. The van der Waals surface area contributed by atoms with Gasteiger partial charge in [0, 0.05) is 17.3 Å². The van der Waals surface area contributed by atoms with Crippen LogP contribution in [0.15, 0.2) is 77.8 Å². The van der Waals surface area contributed by atoms with Gasteiger partial charge in [0.1, 0.15) is 5.75 Å². The number of para-hydroxylation sites is 1. The number of anilines is 2. The van der Waals surface area contributed by atoms with Crippen LogP contribution >= 0.6 is 11.5 Å². The van der Waals surface area contributed by atoms with Gasteiger partial charge in [-0.3, -0.25) is 9.52 Å². The summed E-state index contributed by atoms with van der Waals surface area (Å²) in [7, 11) is -3.73. The van der Waals surface area contributed by atoms with Crippen LogP contribution in [-0.2, 0) is 14.8 Å². The molecule has 9 heteroatoms. The van der Waals surface area contributed by atoms with Crippen molar-refractivity contribution in [3.05, 3.63) is 78.5 Å². The van der Waals surface area contributed by atoms with E-state index in [4.69, 9.17) is 4.74 Å². The Hall–Kier alpha value is -3.43. The van der Waals surface area contributed by atoms with Gasteiger partial charge in [0.2, 0.25) is 0 Å². The number of fused-ring (bicyclic) bond motifs is 1. The molecule has 2 N–H and O–H groups in total. The lowest BCUT2D eigenvalue weighted by atomic mass is 10.2. The summed E-state index contributed by atoms with van der Waals surface area (Å²) in [4.78, 5) is 12.3. The zero-order valence-electron chi connectivity index (χ0n) is 16.5. The number of benzene rings is 3. The number of hydrogen-bond acceptors (Lipinski definition) is 6. The number of nitrogens with one attached hydrogen (secondary N) is 2. The van der Waals surface area contributed by atoms with Crippen molar-refractivity contribution in [2.45, 2.75) is 11.8 Å². The first-order chi connectivity index (χ1) is 14.9. The number of aromatic nitrogens is 1. The number of ether oxygens (including phenoxy) is 1. The SMILES string of the molecule is Cc1ccccc1NS(=O)(=O)c1ccc(OCC(=O)Nc2ccc3sncc3c2)cc1. The maximum atomic E-state index is 12.6. The Labute approximate surface area is 183 Å². The van der Waals surface area contributed by atoms with Crippen LogP contribution in [0.5, 0.6) is 5.75 Å². The Morgan fingerprint density at radius 1 is 1.06 bits per heavy atom. The molecule has 31 heavy (non-hydrogen) atoms. The highest BCUT2D eigenvalue weighted by Gasteiger charge is 2.15. The van der Waals surface area contributed by atoms with Crippen LogP contribution in [0.4, 0.5) is 11.4 Å². The minimum Gasteiger partial charge on any atom is -0.484 e. The minimum atomic E-state index is -3.73. The van der Waals surface area contributed by atoms with E-state index in [9.17, 15) is 13.2 Å². The molecule has 0 radical (unpaired) electrons. The summed E-state index contributed by atoms with van der Waals surface area (Å²) < 4.78 is 38.4. The number of nitrogens with zero attached hydrogens (tertiary/aromatic N) is 1. The third-order valence-corrected chi connectivity index (χ3v) is 6.69. The molecule has 1 aromatic heterocycles. The zero-order valence-corrected chi connectivity index (χ0v) is 18.2. The zero-order chi connectivity index (χ0) is 21.8. The van der Waals surface area contributed by atoms with Gasteiger partial charge in [0.15, 0.2) is 6.61 Å². The van der Waals surface area contributed by atoms with Crippen LogP contribution in [0.25, 0.3) is 10.1 Å². The molecule has 0 aliphatic rings. The topological polar surface area (TPSA) is 97.4 Å². The highest BCUT2D eigenvalue weighted by atomic mass is 32.2. The maximum Gasteiger partial charge on any atom is 0.262 e. The first kappa shape index (κ1) is 20.8. The standard InChI is InChI=1S/C22H19N3O4S2/c1-15-4-2-3-5-20(15)25-31(27,28)19-9-7-18(8-10-19)29-14-22(26)24-17-6-11-21-16(12-17)13-23-30-21/h2-13,25H,14H2,1H3,(H,24,26). The second-order valence-corrected chi connectivity index (χ2v) is 9.32. The number of carbonyl (C=O) groups excluding carboxylic acids is 1. The summed E-state index contributed by atoms with van der Waals surface area (Å²) in [6.45, 7) is 1.63. The number of rotatable bonds is 7. The summed E-state index contributed by atoms with van der Waals surface area (Å²) in [5, 5.41) is 3.73. The molecule has 0 saturated heterocycles. The molecule has 3 aromatic carbocycles. The Kier molecular flexibility index (Phi) is 5.88. The van der Waals surface area contributed by atoms with Crippen LogP contribution < -0.4 is 14.8 Å². The summed E-state index contributed by atoms with van der Waals surface area (Å²) in [5.74, 6) is 0.0722. The van der Waals surface area contributed by atoms with Crippen LogP contribution in [0.1, 0.15) is 5.56 Å². The quantitative estimate of drug-likeness (QED) is 0.432. The molecule has 4 rings (SSSR count). The van der Waals surface area contributed by atoms with Crippen molar-refractivity contribution in [2.24, 2.45) is 0 Å². The largest absolute Gasteiger partial charge is 0.484 e. The van der Waals surface area contributed by atoms with Gasteiger partial charge in [0.05, 0.1) is 15.3 Å². The molecule has 1 amide bonds. The average molecular weight is 454 g/mol. The lowest BCUT2D eigenvalue weighted by Crippen LogP contribution is -2.20. The predicted octanol–water partition coefficient (Wildman–Crippen LogP) is 4.42. The van der Waals surface area contributed by atoms with Crippen LogP contribution in [-0.4, -0.2) is 25.3 Å². The Balaban J connectivity index is 1.35. The summed E-state index contributed by atoms with van der Waals surface area (Å²) in [6.07, 6.45) is 1.75. The van der Waals surface area contributed by atoms with E-state index >= 15 is 0 Å². The molecular formula is C22H19N3O4S2. The maximum absolute atomic E-state index is 12.6. The van der Waals surface area contributed by atoms with E-state index in [2.05, 4.69) is 14.4 Å². The van der Waals surface area contributed by atoms with Crippen molar-refractivity contribution in [3.8, 4) is 5.75 Å². The molecule has 7 nitrogen and oxygen atoms in total. The first-order valence-electron chi connectivity index (χ1n) is 9.36. The first-order valence-corrected chi connectivity index (χ1v) is 11.6. The summed E-state index contributed by atoms with van der Waals surface area (Å²) in [6, 6.07) is 18.6. The van der Waals surface area contributed by atoms with Crippen molar-refractivity contribution in [3.63, 3.8) is 0 Å². The molecule has 0 fully saturated rings. The van der Waals surface area contributed by atoms with Gasteiger partial charge in [-0.05, 0) is 72.6 Å². The third-order valence-electron chi connectivity index (χ3n) is 4.53. The molecule has 0 saturated carbocycles. The lowest BCUT2D eigenvalue weighted by Gasteiger charge is -2.11. The van der Waals surface area contributed by atoms with Crippen molar-refractivity contribution < 1.29 is 17.9 Å². The molecular weight excluding hydrogens is 434 g/mol. The fraction of sp³-hybridized carbons (Fsp3) is 0.0909. The number of hydrogen-bond donors (Lipinski definition) is 2. The van der Waals surface area contributed by atoms with E-state index in [1.165, 1.54) is 35.8 Å². The summed E-state index contributed by atoms with van der Waals surface area (Å²) >= 11 is 1.39. The Morgan fingerprint density at radius 2 is 1.84 bits per heavy atom. The normalized spacial score (nSPS) is 11.3. The lowest BCUT2D eigenvalue weighted by molar-refractivity contribution is -0.118. The van der Waals surface area contributed by atoms with E-state index < -0.39 is 10.0 Å². The highest BCUT2D eigenvalue weighted by molar-refractivity contribution is 7.92. The molecule has 158 valence electrons. The highest BCUT2D eigenvalue weighted by Crippen LogP contribution is 2.23. The van der Waals surface area contributed by atoms with Gasteiger partial charge in [-0.2, -0.15) is 4.37 Å². The molecule has 0 spiro atoms. The molecule has 0 aliphatic carbocycles. The van der Waals surface area contributed by atoms with Crippen molar-refractivity contribution in [1.82, 2.24) is 4.37 Å². The number of aryl methyl sites for hydroxylation is 1. The van der Waals surface area contributed by atoms with E-state index in [0.717, 1.165) is 15.6 Å². The van der Waals surface area contributed by atoms with E-state index in [-0.39, 0.29) is 17.4 Å². The van der Waals surface area contributed by atoms with Crippen LogP contribution in [0.2, 0.25) is 0 Å². The fourth-order valence-electron chi connectivity index (χ4n) is 2.90.